The molecule has 10 heteroatoms. The number of amides is 2. The lowest BCUT2D eigenvalue weighted by Gasteiger charge is -2.33. The van der Waals surface area contributed by atoms with E-state index in [0.717, 1.165) is 28.7 Å². The predicted molar refractivity (Wildman–Crippen MR) is 176 cm³/mol. The second-order valence-corrected chi connectivity index (χ2v) is 13.7. The van der Waals surface area contributed by atoms with Crippen LogP contribution in [-0.2, 0) is 32.6 Å². The number of anilines is 1. The summed E-state index contributed by atoms with van der Waals surface area (Å²) in [5.74, 6) is -0.513. The summed E-state index contributed by atoms with van der Waals surface area (Å²) in [6, 6.07) is 19.4. The van der Waals surface area contributed by atoms with Gasteiger partial charge in [-0.1, -0.05) is 78.7 Å². The van der Waals surface area contributed by atoms with Crippen LogP contribution in [-0.4, -0.2) is 50.0 Å². The minimum atomic E-state index is -3.60. The molecule has 1 N–H and O–H groups in total. The van der Waals surface area contributed by atoms with Gasteiger partial charge in [0, 0.05) is 32.0 Å². The van der Waals surface area contributed by atoms with Gasteiger partial charge in [-0.3, -0.25) is 13.9 Å². The van der Waals surface area contributed by atoms with E-state index in [4.69, 9.17) is 23.2 Å². The Morgan fingerprint density at radius 1 is 0.930 bits per heavy atom. The Morgan fingerprint density at radius 3 is 2.26 bits per heavy atom. The van der Waals surface area contributed by atoms with Crippen molar-refractivity contribution >= 4 is 50.7 Å². The maximum Gasteiger partial charge on any atom is 0.243 e. The molecule has 0 aliphatic heterocycles. The van der Waals surface area contributed by atoms with Crippen LogP contribution in [0.1, 0.15) is 55.4 Å². The Bertz CT molecular complexity index is 1520. The van der Waals surface area contributed by atoms with Gasteiger partial charge < -0.3 is 10.2 Å². The number of carbonyl (C=O) groups is 2. The van der Waals surface area contributed by atoms with Crippen molar-refractivity contribution in [3.8, 4) is 0 Å². The largest absolute Gasteiger partial charge is 0.352 e. The molecule has 0 aliphatic rings. The van der Waals surface area contributed by atoms with Gasteiger partial charge in [-0.05, 0) is 74.1 Å². The van der Waals surface area contributed by atoms with Crippen LogP contribution < -0.4 is 9.62 Å². The van der Waals surface area contributed by atoms with E-state index in [1.54, 1.807) is 29.2 Å². The molecular formula is C33H41Cl2N3O4S. The molecule has 2 atom stereocenters. The fourth-order valence-corrected chi connectivity index (χ4v) is 6.15. The molecule has 3 rings (SSSR count). The number of hydrogen-bond donors (Lipinski definition) is 1. The standard InChI is InChI=1S/C33H41Cl2N3O4S/c1-6-24(3)36-33(40)31(21-26-13-8-7-9-14-26)37(22-27-17-18-28(34)29(35)20-27)32(39)16-11-19-38(43(5,41)42)30-15-10-12-23(2)25(30)4/h7-10,12-15,17-18,20,24,31H,6,11,16,19,21-22H2,1-5H3,(H,36,40)/t24-,31-/m1/s1. The Morgan fingerprint density at radius 2 is 1.63 bits per heavy atom. The number of halogens is 2. The molecule has 3 aromatic rings. The summed E-state index contributed by atoms with van der Waals surface area (Å²) in [5.41, 5.74) is 4.08. The number of hydrogen-bond acceptors (Lipinski definition) is 4. The average Bonchev–Trinajstić information content (AvgIpc) is 2.96. The molecule has 2 amide bonds. The molecule has 3 aromatic carbocycles. The smallest absolute Gasteiger partial charge is 0.243 e. The fourth-order valence-electron chi connectivity index (χ4n) is 4.82. The lowest BCUT2D eigenvalue weighted by atomic mass is 10.0. The van der Waals surface area contributed by atoms with E-state index >= 15 is 0 Å². The van der Waals surface area contributed by atoms with Crippen molar-refractivity contribution < 1.29 is 18.0 Å². The molecular weight excluding hydrogens is 605 g/mol. The van der Waals surface area contributed by atoms with Gasteiger partial charge in [-0.2, -0.15) is 0 Å². The van der Waals surface area contributed by atoms with Crippen molar-refractivity contribution in [2.45, 2.75) is 72.0 Å². The van der Waals surface area contributed by atoms with Crippen LogP contribution in [0.4, 0.5) is 5.69 Å². The number of benzene rings is 3. The van der Waals surface area contributed by atoms with E-state index in [-0.39, 0.29) is 43.8 Å². The summed E-state index contributed by atoms with van der Waals surface area (Å²) in [7, 11) is -3.60. The summed E-state index contributed by atoms with van der Waals surface area (Å²) < 4.78 is 26.9. The third kappa shape index (κ3) is 9.71. The van der Waals surface area contributed by atoms with E-state index in [9.17, 15) is 18.0 Å². The van der Waals surface area contributed by atoms with Crippen LogP contribution in [0.3, 0.4) is 0 Å². The maximum absolute atomic E-state index is 14.0. The highest BCUT2D eigenvalue weighted by Crippen LogP contribution is 2.27. The highest BCUT2D eigenvalue weighted by Gasteiger charge is 2.31. The number of rotatable bonds is 14. The zero-order chi connectivity index (χ0) is 31.7. The zero-order valence-corrected chi connectivity index (χ0v) is 27.8. The normalized spacial score (nSPS) is 12.8. The summed E-state index contributed by atoms with van der Waals surface area (Å²) in [6.07, 6.45) is 2.53. The number of nitrogens with zero attached hydrogens (tertiary/aromatic N) is 2. The highest BCUT2D eigenvalue weighted by molar-refractivity contribution is 7.92. The first-order chi connectivity index (χ1) is 20.3. The molecule has 0 unspecified atom stereocenters. The van der Waals surface area contributed by atoms with Crippen molar-refractivity contribution in [1.29, 1.82) is 0 Å². The molecule has 0 heterocycles. The number of carbonyl (C=O) groups excluding carboxylic acids is 2. The van der Waals surface area contributed by atoms with Crippen LogP contribution in [0, 0.1) is 13.8 Å². The Balaban J connectivity index is 1.93. The topological polar surface area (TPSA) is 86.8 Å². The molecule has 0 fully saturated rings. The van der Waals surface area contributed by atoms with Crippen LogP contribution in [0.15, 0.2) is 66.7 Å². The fraction of sp³-hybridized carbons (Fsp3) is 0.394. The third-order valence-electron chi connectivity index (χ3n) is 7.61. The first-order valence-corrected chi connectivity index (χ1v) is 17.0. The van der Waals surface area contributed by atoms with Crippen molar-refractivity contribution in [3.05, 3.63) is 99.0 Å². The lowest BCUT2D eigenvalue weighted by molar-refractivity contribution is -0.141. The second kappa shape index (κ2) is 15.6. The molecule has 0 radical (unpaired) electrons. The van der Waals surface area contributed by atoms with Gasteiger partial charge >= 0.3 is 0 Å². The van der Waals surface area contributed by atoms with Gasteiger partial charge in [0.2, 0.25) is 21.8 Å². The highest BCUT2D eigenvalue weighted by atomic mass is 35.5. The van der Waals surface area contributed by atoms with Gasteiger partial charge in [-0.15, -0.1) is 0 Å². The van der Waals surface area contributed by atoms with Gasteiger partial charge in [0.25, 0.3) is 0 Å². The van der Waals surface area contributed by atoms with Crippen LogP contribution in [0.2, 0.25) is 10.0 Å². The average molecular weight is 647 g/mol. The SMILES string of the molecule is CC[C@@H](C)NC(=O)[C@@H](Cc1ccccc1)N(Cc1ccc(Cl)c(Cl)c1)C(=O)CCCN(c1cccc(C)c1C)S(C)(=O)=O. The quantitative estimate of drug-likeness (QED) is 0.211. The molecule has 0 spiro atoms. The van der Waals surface area contributed by atoms with E-state index in [1.807, 2.05) is 70.2 Å². The second-order valence-electron chi connectivity index (χ2n) is 11.0. The van der Waals surface area contributed by atoms with Gasteiger partial charge in [0.05, 0.1) is 22.0 Å². The van der Waals surface area contributed by atoms with Crippen LogP contribution in [0.5, 0.6) is 0 Å². The van der Waals surface area contributed by atoms with Crippen molar-refractivity contribution in [2.75, 3.05) is 17.1 Å². The summed E-state index contributed by atoms with van der Waals surface area (Å²) >= 11 is 12.5. The zero-order valence-electron chi connectivity index (χ0n) is 25.4. The minimum Gasteiger partial charge on any atom is -0.352 e. The van der Waals surface area contributed by atoms with Crippen molar-refractivity contribution in [1.82, 2.24) is 10.2 Å². The van der Waals surface area contributed by atoms with E-state index in [0.29, 0.717) is 22.2 Å². The molecule has 0 aliphatic carbocycles. The van der Waals surface area contributed by atoms with E-state index < -0.39 is 16.1 Å². The maximum atomic E-state index is 14.0. The molecule has 0 saturated carbocycles. The molecule has 7 nitrogen and oxygen atoms in total. The predicted octanol–water partition coefficient (Wildman–Crippen LogP) is 6.71. The number of aryl methyl sites for hydroxylation is 1. The number of nitrogens with one attached hydrogen (secondary N) is 1. The van der Waals surface area contributed by atoms with Crippen LogP contribution >= 0.6 is 23.2 Å². The molecule has 0 aromatic heterocycles. The minimum absolute atomic E-state index is 0.0418. The lowest BCUT2D eigenvalue weighted by Crippen LogP contribution is -2.52. The summed E-state index contributed by atoms with van der Waals surface area (Å²) in [5, 5.41) is 3.80. The Labute approximate surface area is 266 Å². The molecule has 43 heavy (non-hydrogen) atoms. The van der Waals surface area contributed by atoms with Gasteiger partial charge in [-0.25, -0.2) is 8.42 Å². The Hall–Kier alpha value is -3.07. The van der Waals surface area contributed by atoms with Gasteiger partial charge in [0.15, 0.2) is 0 Å². The molecule has 232 valence electrons. The first kappa shape index (κ1) is 34.4. The Kier molecular flexibility index (Phi) is 12.5. The molecule has 0 saturated heterocycles. The van der Waals surface area contributed by atoms with E-state index in [1.165, 1.54) is 10.6 Å². The van der Waals surface area contributed by atoms with E-state index in [2.05, 4.69) is 5.32 Å². The third-order valence-corrected chi connectivity index (χ3v) is 9.52. The molecule has 0 bridgehead atoms. The van der Waals surface area contributed by atoms with Crippen molar-refractivity contribution in [3.63, 3.8) is 0 Å². The first-order valence-electron chi connectivity index (χ1n) is 14.4. The van der Waals surface area contributed by atoms with Crippen LogP contribution in [0.25, 0.3) is 0 Å². The number of sulfonamides is 1. The summed E-state index contributed by atoms with van der Waals surface area (Å²) in [4.78, 5) is 29.3. The van der Waals surface area contributed by atoms with Gasteiger partial charge in [0.1, 0.15) is 6.04 Å². The monoisotopic (exact) mass is 645 g/mol. The summed E-state index contributed by atoms with van der Waals surface area (Å²) in [6.45, 7) is 7.98. The van der Waals surface area contributed by atoms with Crippen molar-refractivity contribution in [2.24, 2.45) is 0 Å².